The van der Waals surface area contributed by atoms with Gasteiger partial charge in [0.25, 0.3) is 0 Å². The molecule has 1 saturated heterocycles. The number of nitrogens with zero attached hydrogens (tertiary/aromatic N) is 6. The van der Waals surface area contributed by atoms with Crippen molar-refractivity contribution in [3.05, 3.63) is 76.6 Å². The third-order valence-corrected chi connectivity index (χ3v) is 8.52. The molecule has 2 aliphatic rings. The van der Waals surface area contributed by atoms with Gasteiger partial charge >= 0.3 is 0 Å². The maximum absolute atomic E-state index is 13.6. The van der Waals surface area contributed by atoms with Crippen molar-refractivity contribution < 1.29 is 9.53 Å². The minimum absolute atomic E-state index is 0.0498. The lowest BCUT2D eigenvalue weighted by atomic mass is 9.97. The molecule has 9 nitrogen and oxygen atoms in total. The molecule has 1 aliphatic heterocycles. The SMILES string of the molecule is CCc1ccccc1CC(=O)c1nn(C)c2c1CCCc1cnc(Nc3ccc(N4CCN(C)CC4)cc3OC)nc1-2. The first-order valence-electron chi connectivity index (χ1n) is 14.9. The Labute approximate surface area is 247 Å². The number of nitrogens with one attached hydrogen (secondary N) is 1. The van der Waals surface area contributed by atoms with Crippen LogP contribution in [-0.4, -0.2) is 70.8 Å². The molecule has 4 aromatic rings. The molecule has 0 saturated carbocycles. The van der Waals surface area contributed by atoms with Gasteiger partial charge in [-0.1, -0.05) is 31.2 Å². The number of ketones is 1. The van der Waals surface area contributed by atoms with E-state index >= 15 is 0 Å². The Morgan fingerprint density at radius 3 is 2.57 bits per heavy atom. The number of aryl methyl sites for hydroxylation is 3. The zero-order valence-corrected chi connectivity index (χ0v) is 25.0. The van der Waals surface area contributed by atoms with Crippen molar-refractivity contribution in [3.8, 4) is 17.1 Å². The molecule has 1 fully saturated rings. The average molecular weight is 566 g/mol. The molecule has 0 amide bonds. The second-order valence-electron chi connectivity index (χ2n) is 11.2. The zero-order valence-electron chi connectivity index (χ0n) is 25.0. The largest absolute Gasteiger partial charge is 0.494 e. The van der Waals surface area contributed by atoms with Crippen LogP contribution in [0, 0.1) is 0 Å². The number of likely N-dealkylation sites (N-methyl/N-ethyl adjacent to an activating group) is 1. The molecule has 0 radical (unpaired) electrons. The van der Waals surface area contributed by atoms with Crippen molar-refractivity contribution in [1.82, 2.24) is 24.6 Å². The number of benzene rings is 2. The van der Waals surface area contributed by atoms with Crippen LogP contribution in [0.5, 0.6) is 5.75 Å². The van der Waals surface area contributed by atoms with E-state index in [1.807, 2.05) is 42.2 Å². The normalized spacial score (nSPS) is 15.1. The zero-order chi connectivity index (χ0) is 29.2. The summed E-state index contributed by atoms with van der Waals surface area (Å²) in [6, 6.07) is 14.4. The van der Waals surface area contributed by atoms with Crippen LogP contribution in [0.15, 0.2) is 48.7 Å². The summed E-state index contributed by atoms with van der Waals surface area (Å²) in [5, 5.41) is 8.13. The number of hydrogen-bond donors (Lipinski definition) is 1. The van der Waals surface area contributed by atoms with Gasteiger partial charge in [-0.25, -0.2) is 9.97 Å². The van der Waals surface area contributed by atoms with Crippen LogP contribution >= 0.6 is 0 Å². The molecule has 2 aromatic heterocycles. The predicted octanol–water partition coefficient (Wildman–Crippen LogP) is 4.86. The number of fused-ring (bicyclic) bond motifs is 3. The van der Waals surface area contributed by atoms with Gasteiger partial charge < -0.3 is 19.9 Å². The molecular weight excluding hydrogens is 526 g/mol. The molecule has 3 heterocycles. The van der Waals surface area contributed by atoms with E-state index in [0.717, 1.165) is 97.1 Å². The monoisotopic (exact) mass is 565 g/mol. The Kier molecular flexibility index (Phi) is 7.93. The van der Waals surface area contributed by atoms with E-state index in [1.54, 1.807) is 7.11 Å². The molecule has 0 spiro atoms. The summed E-state index contributed by atoms with van der Waals surface area (Å²) in [5.74, 6) is 1.28. The van der Waals surface area contributed by atoms with Crippen molar-refractivity contribution >= 4 is 23.1 Å². The number of methoxy groups -OCH3 is 1. The van der Waals surface area contributed by atoms with Crippen molar-refractivity contribution in [2.45, 2.75) is 39.0 Å². The molecular formula is C33H39N7O2. The number of anilines is 3. The van der Waals surface area contributed by atoms with Crippen LogP contribution in [0.2, 0.25) is 0 Å². The third-order valence-electron chi connectivity index (χ3n) is 8.52. The van der Waals surface area contributed by atoms with Gasteiger partial charge in [0.2, 0.25) is 5.95 Å². The van der Waals surface area contributed by atoms with Crippen LogP contribution < -0.4 is 15.0 Å². The van der Waals surface area contributed by atoms with E-state index in [0.29, 0.717) is 18.1 Å². The van der Waals surface area contributed by atoms with E-state index < -0.39 is 0 Å². The fourth-order valence-electron chi connectivity index (χ4n) is 6.13. The van der Waals surface area contributed by atoms with Crippen molar-refractivity contribution in [2.75, 3.05) is 50.6 Å². The molecule has 1 aliphatic carbocycles. The number of Topliss-reactive ketones (excluding diaryl/α,β-unsaturated/α-hetero) is 1. The van der Waals surface area contributed by atoms with Gasteiger partial charge in [0.15, 0.2) is 5.78 Å². The fraction of sp³-hybridized carbons (Fsp3) is 0.394. The summed E-state index contributed by atoms with van der Waals surface area (Å²) in [4.78, 5) is 28.0. The van der Waals surface area contributed by atoms with Gasteiger partial charge in [0.1, 0.15) is 11.4 Å². The second kappa shape index (κ2) is 11.9. The molecule has 2 aromatic carbocycles. The summed E-state index contributed by atoms with van der Waals surface area (Å²) in [5.41, 5.74) is 8.55. The Hall–Kier alpha value is -4.24. The molecule has 0 bridgehead atoms. The highest BCUT2D eigenvalue weighted by Crippen LogP contribution is 2.36. The highest BCUT2D eigenvalue weighted by molar-refractivity contribution is 5.99. The third kappa shape index (κ3) is 5.48. The van der Waals surface area contributed by atoms with Crippen molar-refractivity contribution in [1.29, 1.82) is 0 Å². The van der Waals surface area contributed by atoms with Crippen LogP contribution in [-0.2, 0) is 32.7 Å². The standard InChI is InChI=1S/C33H39N7O2/c1-5-22-9-6-7-10-23(22)19-28(41)31-26-12-8-11-24-21-34-33(36-30(24)32(26)39(3)37-31)35-27-14-13-25(20-29(27)42-4)40-17-15-38(2)16-18-40/h6-7,9-10,13-14,20-21H,5,8,11-12,15-19H2,1-4H3,(H,34,35,36). The second-order valence-corrected chi connectivity index (χ2v) is 11.2. The number of rotatable bonds is 8. The lowest BCUT2D eigenvalue weighted by Gasteiger charge is -2.34. The fourth-order valence-corrected chi connectivity index (χ4v) is 6.13. The van der Waals surface area contributed by atoms with Crippen LogP contribution in [0.25, 0.3) is 11.4 Å². The summed E-state index contributed by atoms with van der Waals surface area (Å²) >= 11 is 0. The molecule has 6 rings (SSSR count). The molecule has 0 unspecified atom stereocenters. The summed E-state index contributed by atoms with van der Waals surface area (Å²) in [6.07, 6.45) is 5.68. The highest BCUT2D eigenvalue weighted by Gasteiger charge is 2.28. The first-order valence-corrected chi connectivity index (χ1v) is 14.9. The van der Waals surface area contributed by atoms with Gasteiger partial charge in [-0.3, -0.25) is 9.48 Å². The smallest absolute Gasteiger partial charge is 0.227 e. The number of carbonyl (C=O) groups is 1. The lowest BCUT2D eigenvalue weighted by Crippen LogP contribution is -2.44. The van der Waals surface area contributed by atoms with E-state index in [2.05, 4.69) is 52.3 Å². The first kappa shape index (κ1) is 27.9. The maximum Gasteiger partial charge on any atom is 0.227 e. The summed E-state index contributed by atoms with van der Waals surface area (Å²) < 4.78 is 7.59. The number of carbonyl (C=O) groups excluding carboxylic acids is 1. The lowest BCUT2D eigenvalue weighted by molar-refractivity contribution is 0.0986. The number of ether oxygens (including phenoxy) is 1. The minimum Gasteiger partial charge on any atom is -0.494 e. The van der Waals surface area contributed by atoms with Crippen LogP contribution in [0.4, 0.5) is 17.3 Å². The van der Waals surface area contributed by atoms with Crippen molar-refractivity contribution in [3.63, 3.8) is 0 Å². The quantitative estimate of drug-likeness (QED) is 0.303. The molecule has 9 heteroatoms. The molecule has 42 heavy (non-hydrogen) atoms. The Morgan fingerprint density at radius 1 is 1.02 bits per heavy atom. The van der Waals surface area contributed by atoms with E-state index in [1.165, 1.54) is 5.56 Å². The van der Waals surface area contributed by atoms with Gasteiger partial charge in [-0.15, -0.1) is 0 Å². The Balaban J connectivity index is 1.29. The Morgan fingerprint density at radius 2 is 1.81 bits per heavy atom. The van der Waals surface area contributed by atoms with Crippen LogP contribution in [0.3, 0.4) is 0 Å². The molecule has 1 N–H and O–H groups in total. The van der Waals surface area contributed by atoms with Gasteiger partial charge in [0, 0.05) is 63.2 Å². The maximum atomic E-state index is 13.6. The minimum atomic E-state index is 0.0498. The summed E-state index contributed by atoms with van der Waals surface area (Å²) in [6.45, 7) is 6.18. The highest BCUT2D eigenvalue weighted by atomic mass is 16.5. The topological polar surface area (TPSA) is 88.4 Å². The van der Waals surface area contributed by atoms with E-state index in [-0.39, 0.29) is 5.78 Å². The van der Waals surface area contributed by atoms with Gasteiger partial charge in [-0.2, -0.15) is 5.10 Å². The number of hydrogen-bond acceptors (Lipinski definition) is 8. The van der Waals surface area contributed by atoms with Crippen LogP contribution in [0.1, 0.15) is 46.1 Å². The molecule has 218 valence electrons. The van der Waals surface area contributed by atoms with E-state index in [4.69, 9.17) is 14.8 Å². The first-order chi connectivity index (χ1) is 20.4. The summed E-state index contributed by atoms with van der Waals surface area (Å²) in [7, 11) is 5.75. The van der Waals surface area contributed by atoms with E-state index in [9.17, 15) is 4.79 Å². The Bertz CT molecular complexity index is 1600. The van der Waals surface area contributed by atoms with Gasteiger partial charge in [0.05, 0.1) is 24.2 Å². The molecule has 0 atom stereocenters. The predicted molar refractivity (Wildman–Crippen MR) is 166 cm³/mol. The van der Waals surface area contributed by atoms with Crippen molar-refractivity contribution in [2.24, 2.45) is 7.05 Å². The average Bonchev–Trinajstić information content (AvgIpc) is 3.22. The van der Waals surface area contributed by atoms with Gasteiger partial charge in [-0.05, 0) is 61.6 Å². The number of aromatic nitrogens is 4. The number of piperazine rings is 1.